The standard InChI is InChI=1S/C16H21N3O2S.2ClH/c1-11(21-2)16-19-13(10-22-16)9-18-15(20)8-7-12-5-3-4-6-14(12)17;;/h3-6,10-11H,7-9,17H2,1-2H3,(H,18,20);2*1H. The molecule has 0 aliphatic carbocycles. The third-order valence-electron chi connectivity index (χ3n) is 3.41. The molecule has 0 radical (unpaired) electrons. The summed E-state index contributed by atoms with van der Waals surface area (Å²) in [7, 11) is 1.66. The maximum Gasteiger partial charge on any atom is 0.220 e. The van der Waals surface area contributed by atoms with Crippen molar-refractivity contribution in [2.75, 3.05) is 12.8 Å². The minimum absolute atomic E-state index is 0. The van der Waals surface area contributed by atoms with E-state index in [1.807, 2.05) is 36.6 Å². The fraction of sp³-hybridized carbons (Fsp3) is 0.375. The number of methoxy groups -OCH3 is 1. The first-order chi connectivity index (χ1) is 10.6. The fourth-order valence-corrected chi connectivity index (χ4v) is 2.83. The van der Waals surface area contributed by atoms with Crippen molar-refractivity contribution < 1.29 is 9.53 Å². The average Bonchev–Trinajstić information content (AvgIpc) is 3.00. The van der Waals surface area contributed by atoms with Crippen molar-refractivity contribution in [1.82, 2.24) is 10.3 Å². The summed E-state index contributed by atoms with van der Waals surface area (Å²) in [5.41, 5.74) is 8.45. The Kier molecular flexibility index (Phi) is 10.6. The molecule has 0 bridgehead atoms. The SMILES string of the molecule is COC(C)c1nc(CNC(=O)CCc2ccccc2N)cs1.Cl.Cl. The normalized spacial score (nSPS) is 11.1. The molecule has 2 rings (SSSR count). The van der Waals surface area contributed by atoms with Crippen LogP contribution in [-0.4, -0.2) is 18.0 Å². The maximum absolute atomic E-state index is 11.9. The molecule has 2 aromatic rings. The second-order valence-electron chi connectivity index (χ2n) is 5.03. The number of nitrogens with one attached hydrogen (secondary N) is 1. The third kappa shape index (κ3) is 6.65. The van der Waals surface area contributed by atoms with Gasteiger partial charge in [-0.3, -0.25) is 4.79 Å². The zero-order valence-corrected chi connectivity index (χ0v) is 16.1. The Bertz CT molecular complexity index is 637. The molecule has 0 saturated carbocycles. The number of nitrogen functional groups attached to an aromatic ring is 1. The van der Waals surface area contributed by atoms with Crippen LogP contribution in [0.5, 0.6) is 0 Å². The van der Waals surface area contributed by atoms with Crippen molar-refractivity contribution in [3.63, 3.8) is 0 Å². The van der Waals surface area contributed by atoms with Crippen molar-refractivity contribution in [3.8, 4) is 0 Å². The molecule has 0 saturated heterocycles. The summed E-state index contributed by atoms with van der Waals surface area (Å²) in [4.78, 5) is 16.3. The lowest BCUT2D eigenvalue weighted by Crippen LogP contribution is -2.23. The number of amides is 1. The summed E-state index contributed by atoms with van der Waals surface area (Å²) in [6.45, 7) is 2.39. The number of hydrogen-bond donors (Lipinski definition) is 2. The Morgan fingerprint density at radius 1 is 1.38 bits per heavy atom. The van der Waals surface area contributed by atoms with Gasteiger partial charge in [0, 0.05) is 24.6 Å². The highest BCUT2D eigenvalue weighted by atomic mass is 35.5. The Morgan fingerprint density at radius 3 is 2.75 bits per heavy atom. The lowest BCUT2D eigenvalue weighted by Gasteiger charge is -2.06. The van der Waals surface area contributed by atoms with Gasteiger partial charge in [0.1, 0.15) is 11.1 Å². The lowest BCUT2D eigenvalue weighted by atomic mass is 10.1. The highest BCUT2D eigenvalue weighted by Crippen LogP contribution is 2.20. The van der Waals surface area contributed by atoms with Crippen LogP contribution in [0, 0.1) is 0 Å². The molecule has 1 aromatic carbocycles. The first-order valence-electron chi connectivity index (χ1n) is 7.17. The van der Waals surface area contributed by atoms with E-state index in [-0.39, 0.29) is 36.8 Å². The van der Waals surface area contributed by atoms with Gasteiger partial charge in [-0.2, -0.15) is 0 Å². The van der Waals surface area contributed by atoms with Crippen molar-refractivity contribution in [1.29, 1.82) is 0 Å². The molecule has 5 nitrogen and oxygen atoms in total. The number of anilines is 1. The van der Waals surface area contributed by atoms with Gasteiger partial charge in [-0.05, 0) is 25.0 Å². The molecule has 0 fully saturated rings. The number of nitrogens with zero attached hydrogens (tertiary/aromatic N) is 1. The van der Waals surface area contributed by atoms with E-state index in [4.69, 9.17) is 10.5 Å². The fourth-order valence-electron chi connectivity index (χ4n) is 1.98. The van der Waals surface area contributed by atoms with Gasteiger partial charge in [-0.15, -0.1) is 36.2 Å². The first-order valence-corrected chi connectivity index (χ1v) is 8.05. The van der Waals surface area contributed by atoms with E-state index in [0.29, 0.717) is 19.4 Å². The lowest BCUT2D eigenvalue weighted by molar-refractivity contribution is -0.121. The molecular formula is C16H23Cl2N3O2S. The average molecular weight is 392 g/mol. The number of carbonyl (C=O) groups is 1. The molecule has 24 heavy (non-hydrogen) atoms. The molecule has 3 N–H and O–H groups in total. The largest absolute Gasteiger partial charge is 0.399 e. The third-order valence-corrected chi connectivity index (χ3v) is 4.47. The summed E-state index contributed by atoms with van der Waals surface area (Å²) in [6.07, 6.45) is 1.04. The van der Waals surface area contributed by atoms with E-state index in [0.717, 1.165) is 22.0 Å². The van der Waals surface area contributed by atoms with Crippen LogP contribution in [0.3, 0.4) is 0 Å². The van der Waals surface area contributed by atoms with Gasteiger partial charge < -0.3 is 15.8 Å². The number of thiazole rings is 1. The zero-order valence-electron chi connectivity index (χ0n) is 13.7. The van der Waals surface area contributed by atoms with Gasteiger partial charge in [-0.25, -0.2) is 4.98 Å². The molecule has 0 aliphatic heterocycles. The van der Waals surface area contributed by atoms with Crippen molar-refractivity contribution >= 4 is 47.7 Å². The van der Waals surface area contributed by atoms with Crippen molar-refractivity contribution in [2.45, 2.75) is 32.4 Å². The van der Waals surface area contributed by atoms with Crippen LogP contribution in [0.4, 0.5) is 5.69 Å². The number of ether oxygens (including phenoxy) is 1. The number of aryl methyl sites for hydroxylation is 1. The first kappa shape index (κ1) is 22.7. The number of aromatic nitrogens is 1. The Morgan fingerprint density at radius 2 is 2.08 bits per heavy atom. The predicted molar refractivity (Wildman–Crippen MR) is 103 cm³/mol. The van der Waals surface area contributed by atoms with Gasteiger partial charge in [-0.1, -0.05) is 18.2 Å². The van der Waals surface area contributed by atoms with Gasteiger partial charge in [0.05, 0.1) is 12.2 Å². The number of para-hydroxylation sites is 1. The van der Waals surface area contributed by atoms with Crippen LogP contribution in [0.1, 0.15) is 35.7 Å². The van der Waals surface area contributed by atoms with E-state index in [1.165, 1.54) is 0 Å². The second kappa shape index (κ2) is 11.3. The summed E-state index contributed by atoms with van der Waals surface area (Å²) in [6, 6.07) is 7.61. The number of halogens is 2. The predicted octanol–water partition coefficient (Wildman–Crippen LogP) is 3.53. The van der Waals surface area contributed by atoms with Crippen LogP contribution >= 0.6 is 36.2 Å². The van der Waals surface area contributed by atoms with E-state index < -0.39 is 0 Å². The second-order valence-corrected chi connectivity index (χ2v) is 5.92. The molecule has 1 unspecified atom stereocenters. The van der Waals surface area contributed by atoms with Crippen molar-refractivity contribution in [2.24, 2.45) is 0 Å². The Hall–Kier alpha value is -1.34. The summed E-state index contributed by atoms with van der Waals surface area (Å²) < 4.78 is 5.22. The summed E-state index contributed by atoms with van der Waals surface area (Å²) in [5, 5.41) is 5.75. The quantitative estimate of drug-likeness (QED) is 0.707. The van der Waals surface area contributed by atoms with Crippen LogP contribution in [0.15, 0.2) is 29.6 Å². The molecular weight excluding hydrogens is 369 g/mol. The number of hydrogen-bond acceptors (Lipinski definition) is 5. The number of benzene rings is 1. The monoisotopic (exact) mass is 391 g/mol. The molecule has 8 heteroatoms. The highest BCUT2D eigenvalue weighted by molar-refractivity contribution is 7.09. The van der Waals surface area contributed by atoms with Gasteiger partial charge >= 0.3 is 0 Å². The maximum atomic E-state index is 11.9. The van der Waals surface area contributed by atoms with Gasteiger partial charge in [0.15, 0.2) is 0 Å². The summed E-state index contributed by atoms with van der Waals surface area (Å²) in [5.74, 6) is -0.00223. The smallest absolute Gasteiger partial charge is 0.220 e. The van der Waals surface area contributed by atoms with Gasteiger partial charge in [0.2, 0.25) is 5.91 Å². The molecule has 1 heterocycles. The minimum atomic E-state index is -0.0180. The minimum Gasteiger partial charge on any atom is -0.399 e. The molecule has 0 spiro atoms. The van der Waals surface area contributed by atoms with E-state index in [9.17, 15) is 4.79 Å². The molecule has 0 aliphatic rings. The van der Waals surface area contributed by atoms with E-state index >= 15 is 0 Å². The highest BCUT2D eigenvalue weighted by Gasteiger charge is 2.10. The molecule has 1 amide bonds. The van der Waals surface area contributed by atoms with Crippen LogP contribution in [-0.2, 0) is 22.5 Å². The van der Waals surface area contributed by atoms with E-state index in [1.54, 1.807) is 18.4 Å². The number of carbonyl (C=O) groups excluding carboxylic acids is 1. The molecule has 1 atom stereocenters. The van der Waals surface area contributed by atoms with Crippen molar-refractivity contribution in [3.05, 3.63) is 45.9 Å². The van der Waals surface area contributed by atoms with Crippen LogP contribution in [0.2, 0.25) is 0 Å². The Balaban J connectivity index is 0.00000264. The summed E-state index contributed by atoms with van der Waals surface area (Å²) >= 11 is 1.54. The molecule has 134 valence electrons. The number of rotatable bonds is 7. The van der Waals surface area contributed by atoms with Crippen LogP contribution < -0.4 is 11.1 Å². The van der Waals surface area contributed by atoms with Crippen LogP contribution in [0.25, 0.3) is 0 Å². The topological polar surface area (TPSA) is 77.2 Å². The molecule has 1 aromatic heterocycles. The van der Waals surface area contributed by atoms with Gasteiger partial charge in [0.25, 0.3) is 0 Å². The van der Waals surface area contributed by atoms with E-state index in [2.05, 4.69) is 10.3 Å². The zero-order chi connectivity index (χ0) is 15.9. The number of nitrogens with two attached hydrogens (primary N) is 1. The Labute approximate surface area is 158 Å².